The van der Waals surface area contributed by atoms with Gasteiger partial charge in [0.15, 0.2) is 11.9 Å². The maximum atomic E-state index is 13.0. The smallest absolute Gasteiger partial charge is 0.268 e. The van der Waals surface area contributed by atoms with Crippen molar-refractivity contribution in [1.82, 2.24) is 4.98 Å². The molecule has 0 aliphatic carbocycles. The highest BCUT2D eigenvalue weighted by molar-refractivity contribution is 7.09. The van der Waals surface area contributed by atoms with Crippen LogP contribution in [0.5, 0.6) is 5.75 Å². The summed E-state index contributed by atoms with van der Waals surface area (Å²) in [7, 11) is 0. The number of aromatic nitrogens is 1. The lowest BCUT2D eigenvalue weighted by Crippen LogP contribution is -2.47. The molecule has 7 heteroatoms. The van der Waals surface area contributed by atoms with Crippen LogP contribution >= 0.6 is 22.9 Å². The Balaban J connectivity index is 1.71. The third kappa shape index (κ3) is 3.91. The van der Waals surface area contributed by atoms with Gasteiger partial charge in [-0.05, 0) is 55.8 Å². The summed E-state index contributed by atoms with van der Waals surface area (Å²) in [4.78, 5) is 31.9. The number of Topliss-reactive ketones (excluding diaryl/α,β-unsaturated/α-hetero) is 1. The lowest BCUT2D eigenvalue weighted by atomic mass is 10.1. The van der Waals surface area contributed by atoms with Gasteiger partial charge in [0.1, 0.15) is 5.75 Å². The summed E-state index contributed by atoms with van der Waals surface area (Å²) in [6, 6.07) is 12.3. The molecule has 1 atom stereocenters. The number of carbonyl (C=O) groups excluding carboxylic acids is 2. The van der Waals surface area contributed by atoms with Crippen molar-refractivity contribution >= 4 is 40.3 Å². The molecule has 0 bridgehead atoms. The Morgan fingerprint density at radius 1 is 1.24 bits per heavy atom. The second kappa shape index (κ2) is 7.97. The fourth-order valence-electron chi connectivity index (χ4n) is 3.27. The number of hydrogen-bond donors (Lipinski definition) is 0. The minimum Gasteiger partial charge on any atom is -0.478 e. The van der Waals surface area contributed by atoms with Crippen molar-refractivity contribution in [3.63, 3.8) is 0 Å². The van der Waals surface area contributed by atoms with E-state index in [-0.39, 0.29) is 18.2 Å². The first-order valence-corrected chi connectivity index (χ1v) is 10.6. The third-order valence-corrected chi connectivity index (χ3v) is 5.84. The van der Waals surface area contributed by atoms with Gasteiger partial charge in [0.2, 0.25) is 0 Å². The average Bonchev–Trinajstić information content (AvgIpc) is 3.16. The largest absolute Gasteiger partial charge is 0.478 e. The number of anilines is 1. The number of carbonyl (C=O) groups is 2. The number of hydrogen-bond acceptors (Lipinski definition) is 5. The Morgan fingerprint density at radius 3 is 2.66 bits per heavy atom. The number of amides is 1. The number of fused-ring (bicyclic) bond motifs is 1. The normalized spacial score (nSPS) is 15.8. The summed E-state index contributed by atoms with van der Waals surface area (Å²) in [5, 5.41) is 3.50. The van der Waals surface area contributed by atoms with Gasteiger partial charge in [-0.25, -0.2) is 4.98 Å². The maximum absolute atomic E-state index is 13.0. The lowest BCUT2D eigenvalue weighted by molar-refractivity contribution is -0.126. The van der Waals surface area contributed by atoms with E-state index in [4.69, 9.17) is 16.3 Å². The van der Waals surface area contributed by atoms with Crippen LogP contribution in [0.4, 0.5) is 5.69 Å². The van der Waals surface area contributed by atoms with Gasteiger partial charge >= 0.3 is 0 Å². The second-order valence-corrected chi connectivity index (χ2v) is 8.30. The molecule has 0 radical (unpaired) electrons. The minimum atomic E-state index is -0.604. The van der Waals surface area contributed by atoms with Crippen LogP contribution in [0.2, 0.25) is 5.02 Å². The third-order valence-electron chi connectivity index (χ3n) is 4.81. The Kier molecular flexibility index (Phi) is 5.39. The summed E-state index contributed by atoms with van der Waals surface area (Å²) in [6.45, 7) is 3.77. The molecule has 0 saturated carbocycles. The van der Waals surface area contributed by atoms with E-state index in [1.807, 2.05) is 37.4 Å². The van der Waals surface area contributed by atoms with Crippen molar-refractivity contribution < 1.29 is 14.3 Å². The van der Waals surface area contributed by atoms with Crippen molar-refractivity contribution in [3.05, 3.63) is 63.4 Å². The summed E-state index contributed by atoms with van der Waals surface area (Å²) >= 11 is 7.48. The van der Waals surface area contributed by atoms with Gasteiger partial charge in [0.05, 0.1) is 22.9 Å². The van der Waals surface area contributed by atoms with Crippen LogP contribution in [-0.2, 0) is 4.79 Å². The highest BCUT2D eigenvalue weighted by atomic mass is 35.5. The predicted octanol–water partition coefficient (Wildman–Crippen LogP) is 5.16. The Labute approximate surface area is 177 Å². The van der Waals surface area contributed by atoms with Crippen LogP contribution in [-0.4, -0.2) is 29.3 Å². The van der Waals surface area contributed by atoms with E-state index in [1.54, 1.807) is 35.6 Å². The zero-order chi connectivity index (χ0) is 20.5. The molecule has 1 unspecified atom stereocenters. The molecule has 2 aromatic carbocycles. The van der Waals surface area contributed by atoms with Crippen LogP contribution in [0, 0.1) is 6.92 Å². The number of thiazole rings is 1. The van der Waals surface area contributed by atoms with E-state index in [2.05, 4.69) is 4.98 Å². The first-order chi connectivity index (χ1) is 14.0. The highest BCUT2D eigenvalue weighted by Crippen LogP contribution is 2.38. The molecule has 1 aliphatic heterocycles. The number of halogens is 1. The minimum absolute atomic E-state index is 0.0626. The van der Waals surface area contributed by atoms with Crippen LogP contribution in [0.1, 0.15) is 28.7 Å². The lowest BCUT2D eigenvalue weighted by Gasteiger charge is -2.34. The summed E-state index contributed by atoms with van der Waals surface area (Å²) in [6.07, 6.45) is -0.0791. The molecule has 4 rings (SSSR count). The monoisotopic (exact) mass is 426 g/mol. The molecule has 1 aromatic heterocycles. The fourth-order valence-corrected chi connectivity index (χ4v) is 4.02. The van der Waals surface area contributed by atoms with E-state index in [9.17, 15) is 9.59 Å². The molecular weight excluding hydrogens is 408 g/mol. The van der Waals surface area contributed by atoms with Gasteiger partial charge in [-0.15, -0.1) is 11.3 Å². The molecule has 5 nitrogen and oxygen atoms in total. The fraction of sp³-hybridized carbons (Fsp3) is 0.227. The molecule has 0 saturated heterocycles. The first-order valence-electron chi connectivity index (χ1n) is 9.29. The van der Waals surface area contributed by atoms with Gasteiger partial charge in [-0.2, -0.15) is 0 Å². The Bertz CT molecular complexity index is 1080. The van der Waals surface area contributed by atoms with Crippen molar-refractivity contribution in [2.75, 3.05) is 11.4 Å². The number of ketones is 1. The molecule has 1 amide bonds. The molecule has 2 heterocycles. The van der Waals surface area contributed by atoms with Crippen LogP contribution < -0.4 is 9.64 Å². The summed E-state index contributed by atoms with van der Waals surface area (Å²) < 4.78 is 5.88. The molecule has 0 spiro atoms. The standard InChI is InChI=1S/C22H19ClN2O3S/c1-3-20-22(27)25(11-19(26)14-4-7-16(23)8-5-14)18-10-15(6-9-21(18)28-20)17-12-29-13(2)24-17/h4-10,12,20H,3,11H2,1-2H3. The predicted molar refractivity (Wildman–Crippen MR) is 115 cm³/mol. The van der Waals surface area contributed by atoms with E-state index >= 15 is 0 Å². The average molecular weight is 427 g/mol. The van der Waals surface area contributed by atoms with Gasteiger partial charge in [-0.1, -0.05) is 18.5 Å². The van der Waals surface area contributed by atoms with Crippen molar-refractivity contribution in [2.24, 2.45) is 0 Å². The van der Waals surface area contributed by atoms with E-state index in [0.29, 0.717) is 28.4 Å². The highest BCUT2D eigenvalue weighted by Gasteiger charge is 2.34. The van der Waals surface area contributed by atoms with Crippen LogP contribution in [0.25, 0.3) is 11.3 Å². The van der Waals surface area contributed by atoms with E-state index < -0.39 is 6.10 Å². The molecule has 148 valence electrons. The number of benzene rings is 2. The quantitative estimate of drug-likeness (QED) is 0.529. The zero-order valence-corrected chi connectivity index (χ0v) is 17.6. The van der Waals surface area contributed by atoms with Crippen molar-refractivity contribution in [3.8, 4) is 17.0 Å². The Morgan fingerprint density at radius 2 is 2.00 bits per heavy atom. The summed E-state index contributed by atoms with van der Waals surface area (Å²) in [5.41, 5.74) is 2.81. The summed E-state index contributed by atoms with van der Waals surface area (Å²) in [5.74, 6) is 0.220. The maximum Gasteiger partial charge on any atom is 0.268 e. The van der Waals surface area contributed by atoms with Gasteiger partial charge in [0, 0.05) is 21.5 Å². The number of ether oxygens (including phenoxy) is 1. The van der Waals surface area contributed by atoms with Gasteiger partial charge in [-0.3, -0.25) is 14.5 Å². The molecular formula is C22H19ClN2O3S. The second-order valence-electron chi connectivity index (χ2n) is 6.80. The number of rotatable bonds is 5. The van der Waals surface area contributed by atoms with Crippen molar-refractivity contribution in [1.29, 1.82) is 0 Å². The van der Waals surface area contributed by atoms with Crippen LogP contribution in [0.3, 0.4) is 0 Å². The van der Waals surface area contributed by atoms with E-state index in [0.717, 1.165) is 16.3 Å². The van der Waals surface area contributed by atoms with Crippen LogP contribution in [0.15, 0.2) is 47.8 Å². The first kappa shape index (κ1) is 19.6. The number of aryl methyl sites for hydroxylation is 1. The number of nitrogens with zero attached hydrogens (tertiary/aromatic N) is 2. The molecule has 29 heavy (non-hydrogen) atoms. The topological polar surface area (TPSA) is 59.5 Å². The van der Waals surface area contributed by atoms with Crippen molar-refractivity contribution in [2.45, 2.75) is 26.4 Å². The zero-order valence-electron chi connectivity index (χ0n) is 16.0. The van der Waals surface area contributed by atoms with E-state index in [1.165, 1.54) is 4.90 Å². The molecule has 0 fully saturated rings. The molecule has 3 aromatic rings. The van der Waals surface area contributed by atoms with Gasteiger partial charge < -0.3 is 4.74 Å². The molecule has 1 aliphatic rings. The SMILES string of the molecule is CCC1Oc2ccc(-c3csc(C)n3)cc2N(CC(=O)c2ccc(Cl)cc2)C1=O. The van der Waals surface area contributed by atoms with Gasteiger partial charge in [0.25, 0.3) is 5.91 Å². The Hall–Kier alpha value is -2.70. The molecule has 0 N–H and O–H groups in total.